The van der Waals surface area contributed by atoms with E-state index in [2.05, 4.69) is 38.3 Å². The molecule has 0 aromatic rings. The van der Waals surface area contributed by atoms with E-state index < -0.39 is 0 Å². The molecular formula is C16H36N2. The number of hydrogen-bond donors (Lipinski definition) is 2. The van der Waals surface area contributed by atoms with E-state index in [4.69, 9.17) is 0 Å². The summed E-state index contributed by atoms with van der Waals surface area (Å²) in [5, 5.41) is 7.05. The monoisotopic (exact) mass is 256 g/mol. The van der Waals surface area contributed by atoms with Gasteiger partial charge in [0.1, 0.15) is 0 Å². The van der Waals surface area contributed by atoms with Crippen LogP contribution in [0.1, 0.15) is 79.1 Å². The Balaban J connectivity index is 2.99. The van der Waals surface area contributed by atoms with Crippen LogP contribution in [0.5, 0.6) is 0 Å². The largest absolute Gasteiger partial charge is 0.317 e. The van der Waals surface area contributed by atoms with Gasteiger partial charge in [0, 0.05) is 5.54 Å². The summed E-state index contributed by atoms with van der Waals surface area (Å²) in [4.78, 5) is 0. The van der Waals surface area contributed by atoms with Crippen molar-refractivity contribution in [2.24, 2.45) is 0 Å². The molecule has 18 heavy (non-hydrogen) atoms. The van der Waals surface area contributed by atoms with E-state index in [0.717, 1.165) is 0 Å². The zero-order valence-electron chi connectivity index (χ0n) is 13.3. The first-order valence-corrected chi connectivity index (χ1v) is 8.02. The molecule has 0 amide bonds. The molecule has 2 nitrogen and oxygen atoms in total. The van der Waals surface area contributed by atoms with Crippen molar-refractivity contribution >= 4 is 0 Å². The molecule has 0 unspecified atom stereocenters. The molecule has 0 fully saturated rings. The van der Waals surface area contributed by atoms with E-state index >= 15 is 0 Å². The van der Waals surface area contributed by atoms with Crippen LogP contribution in [0.4, 0.5) is 0 Å². The van der Waals surface area contributed by atoms with E-state index in [1.54, 1.807) is 0 Å². The Labute approximate surface area is 115 Å². The lowest BCUT2D eigenvalue weighted by atomic mass is 10.1. The highest BCUT2D eigenvalue weighted by Gasteiger charge is 2.06. The van der Waals surface area contributed by atoms with Gasteiger partial charge < -0.3 is 10.6 Å². The molecule has 0 heterocycles. The SMILES string of the molecule is CCCCNCCCCCCCCNC(C)(C)C. The van der Waals surface area contributed by atoms with Crippen molar-refractivity contribution in [1.82, 2.24) is 10.6 Å². The van der Waals surface area contributed by atoms with Gasteiger partial charge in [0.2, 0.25) is 0 Å². The van der Waals surface area contributed by atoms with Crippen molar-refractivity contribution in [3.8, 4) is 0 Å². The maximum atomic E-state index is 3.54. The Bertz CT molecular complexity index is 161. The predicted octanol–water partition coefficient (Wildman–Crippen LogP) is 4.10. The van der Waals surface area contributed by atoms with E-state index in [1.165, 1.54) is 71.0 Å². The van der Waals surface area contributed by atoms with Crippen LogP contribution in [0, 0.1) is 0 Å². The molecule has 0 aromatic heterocycles. The summed E-state index contributed by atoms with van der Waals surface area (Å²) < 4.78 is 0. The highest BCUT2D eigenvalue weighted by molar-refractivity contribution is 4.69. The maximum Gasteiger partial charge on any atom is 0.00965 e. The highest BCUT2D eigenvalue weighted by atomic mass is 14.9. The standard InChI is InChI=1S/C16H36N2/c1-5-6-13-17-14-11-9-7-8-10-12-15-18-16(2,3)4/h17-18H,5-15H2,1-4H3. The average Bonchev–Trinajstić information content (AvgIpc) is 2.29. The summed E-state index contributed by atoms with van der Waals surface area (Å²) in [7, 11) is 0. The first-order valence-electron chi connectivity index (χ1n) is 8.02. The molecule has 0 radical (unpaired) electrons. The van der Waals surface area contributed by atoms with Gasteiger partial charge in [0.05, 0.1) is 0 Å². The summed E-state index contributed by atoms with van der Waals surface area (Å²) in [6, 6.07) is 0. The Morgan fingerprint density at radius 3 is 1.72 bits per heavy atom. The third kappa shape index (κ3) is 15.9. The summed E-state index contributed by atoms with van der Waals surface area (Å²) in [5.41, 5.74) is 0.282. The van der Waals surface area contributed by atoms with Crippen LogP contribution in [-0.2, 0) is 0 Å². The smallest absolute Gasteiger partial charge is 0.00965 e. The fourth-order valence-electron chi connectivity index (χ4n) is 1.97. The normalized spacial score (nSPS) is 12.0. The third-order valence-corrected chi connectivity index (χ3v) is 3.14. The maximum absolute atomic E-state index is 3.54. The van der Waals surface area contributed by atoms with Crippen LogP contribution < -0.4 is 10.6 Å². The lowest BCUT2D eigenvalue weighted by Gasteiger charge is -2.20. The second-order valence-corrected chi connectivity index (χ2v) is 6.40. The predicted molar refractivity (Wildman–Crippen MR) is 83.2 cm³/mol. The summed E-state index contributed by atoms with van der Waals surface area (Å²) in [6.45, 7) is 12.5. The molecule has 2 N–H and O–H groups in total. The molecule has 0 aliphatic rings. The van der Waals surface area contributed by atoms with Crippen LogP contribution in [0.15, 0.2) is 0 Å². The van der Waals surface area contributed by atoms with E-state index in [-0.39, 0.29) is 5.54 Å². The average molecular weight is 256 g/mol. The second kappa shape index (κ2) is 12.0. The van der Waals surface area contributed by atoms with E-state index in [1.807, 2.05) is 0 Å². The molecule has 110 valence electrons. The molecule has 0 rings (SSSR count). The molecule has 0 spiro atoms. The zero-order chi connectivity index (χ0) is 13.7. The second-order valence-electron chi connectivity index (χ2n) is 6.40. The van der Waals surface area contributed by atoms with E-state index in [0.29, 0.717) is 0 Å². The highest BCUT2D eigenvalue weighted by Crippen LogP contribution is 2.05. The molecular weight excluding hydrogens is 220 g/mol. The molecule has 2 heteroatoms. The molecule has 0 aromatic carbocycles. The fourth-order valence-corrected chi connectivity index (χ4v) is 1.97. The summed E-state index contributed by atoms with van der Waals surface area (Å²) in [6.07, 6.45) is 10.9. The quantitative estimate of drug-likeness (QED) is 0.514. The molecule has 0 aliphatic heterocycles. The van der Waals surface area contributed by atoms with Crippen molar-refractivity contribution in [3.63, 3.8) is 0 Å². The van der Waals surface area contributed by atoms with Crippen LogP contribution in [0.3, 0.4) is 0 Å². The lowest BCUT2D eigenvalue weighted by Crippen LogP contribution is -2.36. The van der Waals surface area contributed by atoms with Crippen LogP contribution in [0.25, 0.3) is 0 Å². The molecule has 0 bridgehead atoms. The number of unbranched alkanes of at least 4 members (excludes halogenated alkanes) is 6. The van der Waals surface area contributed by atoms with Gasteiger partial charge >= 0.3 is 0 Å². The number of hydrogen-bond acceptors (Lipinski definition) is 2. The van der Waals surface area contributed by atoms with E-state index in [9.17, 15) is 0 Å². The van der Waals surface area contributed by atoms with Gasteiger partial charge in [-0.05, 0) is 59.7 Å². The van der Waals surface area contributed by atoms with Gasteiger partial charge in [-0.3, -0.25) is 0 Å². The van der Waals surface area contributed by atoms with Gasteiger partial charge in [-0.25, -0.2) is 0 Å². The van der Waals surface area contributed by atoms with Crippen LogP contribution >= 0.6 is 0 Å². The minimum absolute atomic E-state index is 0.282. The number of rotatable bonds is 12. The Morgan fingerprint density at radius 2 is 1.17 bits per heavy atom. The van der Waals surface area contributed by atoms with Crippen molar-refractivity contribution < 1.29 is 0 Å². The first-order chi connectivity index (χ1) is 8.56. The fraction of sp³-hybridized carbons (Fsp3) is 1.00. The Hall–Kier alpha value is -0.0800. The van der Waals surface area contributed by atoms with Gasteiger partial charge in [-0.1, -0.05) is 39.0 Å². The first kappa shape index (κ1) is 17.9. The summed E-state index contributed by atoms with van der Waals surface area (Å²) >= 11 is 0. The van der Waals surface area contributed by atoms with Crippen molar-refractivity contribution in [1.29, 1.82) is 0 Å². The Kier molecular flexibility index (Phi) is 11.9. The minimum atomic E-state index is 0.282. The van der Waals surface area contributed by atoms with Gasteiger partial charge in [0.15, 0.2) is 0 Å². The minimum Gasteiger partial charge on any atom is -0.317 e. The van der Waals surface area contributed by atoms with Crippen molar-refractivity contribution in [3.05, 3.63) is 0 Å². The van der Waals surface area contributed by atoms with Crippen LogP contribution in [-0.4, -0.2) is 25.2 Å². The third-order valence-electron chi connectivity index (χ3n) is 3.14. The zero-order valence-corrected chi connectivity index (χ0v) is 13.3. The topological polar surface area (TPSA) is 24.1 Å². The Morgan fingerprint density at radius 1 is 0.667 bits per heavy atom. The lowest BCUT2D eigenvalue weighted by molar-refractivity contribution is 0.415. The van der Waals surface area contributed by atoms with Gasteiger partial charge in [-0.15, -0.1) is 0 Å². The van der Waals surface area contributed by atoms with Crippen molar-refractivity contribution in [2.75, 3.05) is 19.6 Å². The van der Waals surface area contributed by atoms with Gasteiger partial charge in [0.25, 0.3) is 0 Å². The number of nitrogens with one attached hydrogen (secondary N) is 2. The molecule has 0 saturated heterocycles. The van der Waals surface area contributed by atoms with Crippen LogP contribution in [0.2, 0.25) is 0 Å². The summed E-state index contributed by atoms with van der Waals surface area (Å²) in [5.74, 6) is 0. The molecule has 0 aliphatic carbocycles. The molecule has 0 saturated carbocycles. The van der Waals surface area contributed by atoms with Gasteiger partial charge in [-0.2, -0.15) is 0 Å². The molecule has 0 atom stereocenters. The van der Waals surface area contributed by atoms with Crippen molar-refractivity contribution in [2.45, 2.75) is 84.6 Å².